The third-order valence-corrected chi connectivity index (χ3v) is 7.76. The first kappa shape index (κ1) is 20.2. The van der Waals surface area contributed by atoms with Gasteiger partial charge in [-0.05, 0) is 46.0 Å². The van der Waals surface area contributed by atoms with E-state index in [1.165, 1.54) is 4.31 Å². The molecule has 0 aromatic carbocycles. The lowest BCUT2D eigenvalue weighted by molar-refractivity contribution is 0.227. The number of nitrogens with two attached hydrogens (primary N) is 1. The first-order chi connectivity index (χ1) is 12.3. The Balaban J connectivity index is 0.00000210. The molecule has 2 aromatic rings. The summed E-state index contributed by atoms with van der Waals surface area (Å²) in [6, 6.07) is 0. The van der Waals surface area contributed by atoms with Crippen LogP contribution in [0.5, 0.6) is 0 Å². The van der Waals surface area contributed by atoms with Crippen molar-refractivity contribution in [1.82, 2.24) is 24.6 Å². The second-order valence-electron chi connectivity index (χ2n) is 7.41. The zero-order chi connectivity index (χ0) is 18.5. The fourth-order valence-corrected chi connectivity index (χ4v) is 5.58. The first-order valence-corrected chi connectivity index (χ1v) is 10.4. The Hall–Kier alpha value is -1.49. The van der Waals surface area contributed by atoms with E-state index in [9.17, 15) is 8.42 Å². The summed E-state index contributed by atoms with van der Waals surface area (Å²) in [6.45, 7) is 4.26. The highest BCUT2D eigenvalue weighted by Gasteiger charge is 2.40. The second kappa shape index (κ2) is 7.16. The standard InChI is InChI=1S/C16H24N6O3S.ClH/c1-10-13(11(2)20-19-10)26(23,24)22-8-4-12(5-9-22)14-18-15(21-25-14)16(17)6-3-7-16;/h12H,3-9,17H2,1-2H3,(H,19,20);1H. The van der Waals surface area contributed by atoms with E-state index in [-0.39, 0.29) is 23.2 Å². The van der Waals surface area contributed by atoms with Crippen molar-refractivity contribution in [3.63, 3.8) is 0 Å². The van der Waals surface area contributed by atoms with Gasteiger partial charge in [-0.15, -0.1) is 12.4 Å². The fraction of sp³-hybridized carbons (Fsp3) is 0.688. The van der Waals surface area contributed by atoms with E-state index in [0.717, 1.165) is 19.3 Å². The van der Waals surface area contributed by atoms with Crippen molar-refractivity contribution in [3.8, 4) is 0 Å². The summed E-state index contributed by atoms with van der Waals surface area (Å²) in [7, 11) is -3.55. The van der Waals surface area contributed by atoms with Gasteiger partial charge in [0.15, 0.2) is 5.82 Å². The number of aromatic nitrogens is 4. The van der Waals surface area contributed by atoms with Gasteiger partial charge in [0.05, 0.1) is 16.9 Å². The normalized spacial score (nSPS) is 20.9. The lowest BCUT2D eigenvalue weighted by atomic mass is 9.77. The molecule has 1 aliphatic carbocycles. The molecule has 0 atom stereocenters. The number of hydrogen-bond acceptors (Lipinski definition) is 7. The molecule has 0 radical (unpaired) electrons. The van der Waals surface area contributed by atoms with Crippen LogP contribution in [0, 0.1) is 13.8 Å². The highest BCUT2D eigenvalue weighted by Crippen LogP contribution is 2.38. The van der Waals surface area contributed by atoms with Gasteiger partial charge in [0.1, 0.15) is 4.90 Å². The number of nitrogens with one attached hydrogen (secondary N) is 1. The van der Waals surface area contributed by atoms with Gasteiger partial charge in [-0.2, -0.15) is 14.4 Å². The molecular formula is C16H25ClN6O3S. The second-order valence-corrected chi connectivity index (χ2v) is 9.28. The van der Waals surface area contributed by atoms with Crippen molar-refractivity contribution in [1.29, 1.82) is 0 Å². The molecule has 3 N–H and O–H groups in total. The number of piperidine rings is 1. The SMILES string of the molecule is Cc1n[nH]c(C)c1S(=O)(=O)N1CCC(c2nc(C3(N)CCC3)no2)CC1.Cl. The Kier molecular flexibility index (Phi) is 5.37. The van der Waals surface area contributed by atoms with Gasteiger partial charge in [-0.1, -0.05) is 5.16 Å². The monoisotopic (exact) mass is 416 g/mol. The number of sulfonamides is 1. The fourth-order valence-electron chi connectivity index (χ4n) is 3.78. The Bertz CT molecular complexity index is 893. The van der Waals surface area contributed by atoms with E-state index in [1.807, 2.05) is 0 Å². The van der Waals surface area contributed by atoms with Crippen LogP contribution in [0.25, 0.3) is 0 Å². The van der Waals surface area contributed by atoms with Gasteiger partial charge in [0, 0.05) is 19.0 Å². The average Bonchev–Trinajstić information content (AvgIpc) is 3.20. The highest BCUT2D eigenvalue weighted by atomic mass is 35.5. The quantitative estimate of drug-likeness (QED) is 0.775. The molecule has 0 unspecified atom stereocenters. The molecule has 2 aromatic heterocycles. The van der Waals surface area contributed by atoms with Crippen molar-refractivity contribution in [2.75, 3.05) is 13.1 Å². The van der Waals surface area contributed by atoms with E-state index >= 15 is 0 Å². The molecule has 9 nitrogen and oxygen atoms in total. The molecular weight excluding hydrogens is 392 g/mol. The van der Waals surface area contributed by atoms with E-state index in [1.54, 1.807) is 13.8 Å². The summed E-state index contributed by atoms with van der Waals surface area (Å²) in [4.78, 5) is 4.79. The summed E-state index contributed by atoms with van der Waals surface area (Å²) < 4.78 is 32.8. The Morgan fingerprint density at radius 1 is 1.26 bits per heavy atom. The van der Waals surface area contributed by atoms with Crippen LogP contribution in [0.2, 0.25) is 0 Å². The maximum absolute atomic E-state index is 12.9. The van der Waals surface area contributed by atoms with E-state index in [0.29, 0.717) is 49.0 Å². The van der Waals surface area contributed by atoms with Crippen LogP contribution in [-0.2, 0) is 15.6 Å². The Labute approximate surface area is 164 Å². The lowest BCUT2D eigenvalue weighted by Crippen LogP contribution is -2.44. The van der Waals surface area contributed by atoms with Crippen LogP contribution in [0.1, 0.15) is 61.1 Å². The van der Waals surface area contributed by atoms with Crippen LogP contribution >= 0.6 is 12.4 Å². The number of aryl methyl sites for hydroxylation is 2. The highest BCUT2D eigenvalue weighted by molar-refractivity contribution is 7.89. The van der Waals surface area contributed by atoms with Gasteiger partial charge in [-0.3, -0.25) is 5.10 Å². The van der Waals surface area contributed by atoms with Crippen molar-refractivity contribution in [3.05, 3.63) is 23.1 Å². The molecule has 4 rings (SSSR count). The molecule has 1 saturated heterocycles. The number of H-pyrrole nitrogens is 1. The van der Waals surface area contributed by atoms with E-state index in [4.69, 9.17) is 10.3 Å². The molecule has 1 saturated carbocycles. The van der Waals surface area contributed by atoms with E-state index < -0.39 is 15.6 Å². The summed E-state index contributed by atoms with van der Waals surface area (Å²) in [5, 5.41) is 10.8. The first-order valence-electron chi connectivity index (χ1n) is 8.96. The van der Waals surface area contributed by atoms with Gasteiger partial charge < -0.3 is 10.3 Å². The van der Waals surface area contributed by atoms with Crippen LogP contribution < -0.4 is 5.73 Å². The zero-order valence-corrected chi connectivity index (χ0v) is 17.1. The number of nitrogens with zero attached hydrogens (tertiary/aromatic N) is 4. The summed E-state index contributed by atoms with van der Waals surface area (Å²) in [5.41, 5.74) is 6.87. The third-order valence-electron chi connectivity index (χ3n) is 5.59. The maximum Gasteiger partial charge on any atom is 0.246 e. The average molecular weight is 417 g/mol. The molecule has 1 aliphatic heterocycles. The largest absolute Gasteiger partial charge is 0.339 e. The van der Waals surface area contributed by atoms with Crippen LogP contribution in [0.3, 0.4) is 0 Å². The topological polar surface area (TPSA) is 131 Å². The molecule has 2 aliphatic rings. The molecule has 2 fully saturated rings. The number of hydrogen-bond donors (Lipinski definition) is 2. The zero-order valence-electron chi connectivity index (χ0n) is 15.4. The third kappa shape index (κ3) is 3.39. The van der Waals surface area contributed by atoms with Crippen LogP contribution in [0.4, 0.5) is 0 Å². The predicted octanol–water partition coefficient (Wildman–Crippen LogP) is 1.74. The van der Waals surface area contributed by atoms with Crippen molar-refractivity contribution >= 4 is 22.4 Å². The molecule has 0 spiro atoms. The van der Waals surface area contributed by atoms with Crippen molar-refractivity contribution in [2.24, 2.45) is 5.73 Å². The van der Waals surface area contributed by atoms with E-state index in [2.05, 4.69) is 20.3 Å². The van der Waals surface area contributed by atoms with Crippen molar-refractivity contribution in [2.45, 2.75) is 62.3 Å². The van der Waals surface area contributed by atoms with Gasteiger partial charge in [0.25, 0.3) is 0 Å². The Morgan fingerprint density at radius 2 is 1.93 bits per heavy atom. The molecule has 0 amide bonds. The lowest BCUT2D eigenvalue weighted by Gasteiger charge is -2.34. The van der Waals surface area contributed by atoms with Gasteiger partial charge in [0.2, 0.25) is 15.9 Å². The van der Waals surface area contributed by atoms with Gasteiger partial charge >= 0.3 is 0 Å². The predicted molar refractivity (Wildman–Crippen MR) is 100 cm³/mol. The number of halogens is 1. The number of aromatic amines is 1. The summed E-state index contributed by atoms with van der Waals surface area (Å²) in [6.07, 6.45) is 4.14. The maximum atomic E-state index is 12.9. The minimum Gasteiger partial charge on any atom is -0.339 e. The van der Waals surface area contributed by atoms with Crippen LogP contribution in [0.15, 0.2) is 9.42 Å². The minimum atomic E-state index is -3.55. The van der Waals surface area contributed by atoms with Crippen LogP contribution in [-0.4, -0.2) is 46.2 Å². The molecule has 27 heavy (non-hydrogen) atoms. The summed E-state index contributed by atoms with van der Waals surface area (Å²) in [5.74, 6) is 1.22. The molecule has 150 valence electrons. The minimum absolute atomic E-state index is 0. The number of rotatable bonds is 4. The van der Waals surface area contributed by atoms with Gasteiger partial charge in [-0.25, -0.2) is 8.42 Å². The smallest absolute Gasteiger partial charge is 0.246 e. The molecule has 3 heterocycles. The molecule has 0 bridgehead atoms. The van der Waals surface area contributed by atoms with Crippen molar-refractivity contribution < 1.29 is 12.9 Å². The molecule has 11 heteroatoms. The summed E-state index contributed by atoms with van der Waals surface area (Å²) >= 11 is 0. The Morgan fingerprint density at radius 3 is 2.44 bits per heavy atom.